The number of nitrogens with one attached hydrogen (secondary N) is 1. The Morgan fingerprint density at radius 3 is 1.93 bits per heavy atom. The molecule has 3 N–H and O–H groups in total. The summed E-state index contributed by atoms with van der Waals surface area (Å²) in [6, 6.07) is -2.10. The molecule has 0 aliphatic heterocycles. The molecule has 0 saturated carbocycles. The Balaban J connectivity index is 4.50. The van der Waals surface area contributed by atoms with Crippen LogP contribution in [0.5, 0.6) is 0 Å². The molecule has 0 aliphatic carbocycles. The van der Waals surface area contributed by atoms with Crippen molar-refractivity contribution < 1.29 is 37.8 Å². The van der Waals surface area contributed by atoms with Crippen molar-refractivity contribution in [2.75, 3.05) is 0 Å². The summed E-state index contributed by atoms with van der Waals surface area (Å²) in [6.07, 6.45) is -6.37. The molecule has 86 valence electrons. The summed E-state index contributed by atoms with van der Waals surface area (Å²) in [7, 11) is 0. The lowest BCUT2D eigenvalue weighted by Gasteiger charge is -2.13. The molecule has 0 aliphatic rings. The maximum Gasteiger partial charge on any atom is 0.471 e. The number of amides is 1. The highest BCUT2D eigenvalue weighted by molar-refractivity contribution is 5.89. The van der Waals surface area contributed by atoms with E-state index in [9.17, 15) is 27.6 Å². The number of carboxylic acids is 2. The molecule has 0 bridgehead atoms. The van der Waals surface area contributed by atoms with Crippen molar-refractivity contribution in [2.45, 2.75) is 18.6 Å². The topological polar surface area (TPSA) is 104 Å². The Labute approximate surface area is 80.7 Å². The Hall–Kier alpha value is -1.80. The lowest BCUT2D eigenvalue weighted by atomic mass is 10.2. The van der Waals surface area contributed by atoms with E-state index >= 15 is 0 Å². The van der Waals surface area contributed by atoms with E-state index < -0.39 is 36.5 Å². The maximum atomic E-state index is 11.7. The summed E-state index contributed by atoms with van der Waals surface area (Å²) in [4.78, 5) is 30.6. The molecule has 6 nitrogen and oxygen atoms in total. The monoisotopic (exact) mass is 229 g/mol. The van der Waals surface area contributed by atoms with Crippen LogP contribution in [0.4, 0.5) is 13.2 Å². The second-order valence-electron chi connectivity index (χ2n) is 2.46. The minimum Gasteiger partial charge on any atom is -0.481 e. The third-order valence-electron chi connectivity index (χ3n) is 1.24. The van der Waals surface area contributed by atoms with Gasteiger partial charge in [0, 0.05) is 0 Å². The molecule has 0 heterocycles. The first-order chi connectivity index (χ1) is 6.64. The summed E-state index contributed by atoms with van der Waals surface area (Å²) in [5, 5.41) is 17.5. The molecule has 1 amide bonds. The smallest absolute Gasteiger partial charge is 0.471 e. The molecule has 0 aromatic carbocycles. The van der Waals surface area contributed by atoms with E-state index in [4.69, 9.17) is 10.2 Å². The average Bonchev–Trinajstić information content (AvgIpc) is 1.99. The number of carboxylic acid groups (broad SMARTS) is 2. The Morgan fingerprint density at radius 1 is 1.20 bits per heavy atom. The summed E-state index contributed by atoms with van der Waals surface area (Å²) in [5.74, 6) is -5.98. The molecule has 0 aromatic rings. The van der Waals surface area contributed by atoms with Gasteiger partial charge < -0.3 is 15.5 Å². The number of aliphatic carboxylic acids is 2. The van der Waals surface area contributed by atoms with Crippen LogP contribution >= 0.6 is 0 Å². The minimum absolute atomic E-state index is 1.04. The van der Waals surface area contributed by atoms with Crippen molar-refractivity contribution in [3.8, 4) is 0 Å². The van der Waals surface area contributed by atoms with Crippen LogP contribution in [0, 0.1) is 0 Å². The zero-order valence-corrected chi connectivity index (χ0v) is 7.04. The van der Waals surface area contributed by atoms with Crippen molar-refractivity contribution in [1.29, 1.82) is 0 Å². The van der Waals surface area contributed by atoms with E-state index in [1.54, 1.807) is 0 Å². The van der Waals surface area contributed by atoms with Gasteiger partial charge in [-0.3, -0.25) is 9.59 Å². The molecular weight excluding hydrogens is 223 g/mol. The molecule has 0 fully saturated rings. The molecule has 15 heavy (non-hydrogen) atoms. The summed E-state index contributed by atoms with van der Waals surface area (Å²) in [5.41, 5.74) is 0. The first-order valence-corrected chi connectivity index (χ1v) is 3.47. The highest BCUT2D eigenvalue weighted by Gasteiger charge is 2.41. The van der Waals surface area contributed by atoms with Crippen molar-refractivity contribution in [3.63, 3.8) is 0 Å². The van der Waals surface area contributed by atoms with Gasteiger partial charge in [-0.15, -0.1) is 0 Å². The van der Waals surface area contributed by atoms with E-state index in [0.717, 1.165) is 5.32 Å². The number of alkyl halides is 3. The molecule has 0 saturated heterocycles. The van der Waals surface area contributed by atoms with Crippen molar-refractivity contribution >= 4 is 17.8 Å². The van der Waals surface area contributed by atoms with Crippen LogP contribution in [0.1, 0.15) is 6.42 Å². The fraction of sp³-hybridized carbons (Fsp3) is 0.500. The number of halogens is 3. The van der Waals surface area contributed by atoms with Gasteiger partial charge in [-0.2, -0.15) is 13.2 Å². The van der Waals surface area contributed by atoms with Gasteiger partial charge in [-0.1, -0.05) is 0 Å². The number of hydrogen-bond donors (Lipinski definition) is 3. The first-order valence-electron chi connectivity index (χ1n) is 3.47. The Morgan fingerprint density at radius 2 is 1.67 bits per heavy atom. The van der Waals surface area contributed by atoms with Crippen molar-refractivity contribution in [3.05, 3.63) is 0 Å². The number of rotatable bonds is 4. The number of carbonyl (C=O) groups is 3. The fourth-order valence-corrected chi connectivity index (χ4v) is 0.615. The zero-order chi connectivity index (χ0) is 12.2. The van der Waals surface area contributed by atoms with Crippen LogP contribution in [0.15, 0.2) is 0 Å². The molecule has 0 rings (SSSR count). The van der Waals surface area contributed by atoms with Crippen LogP contribution in [0.2, 0.25) is 0 Å². The molecule has 1 atom stereocenters. The van der Waals surface area contributed by atoms with Gasteiger partial charge in [-0.25, -0.2) is 4.79 Å². The average molecular weight is 229 g/mol. The van der Waals surface area contributed by atoms with E-state index in [1.807, 2.05) is 0 Å². The van der Waals surface area contributed by atoms with Gasteiger partial charge in [0.05, 0.1) is 6.42 Å². The zero-order valence-electron chi connectivity index (χ0n) is 7.04. The predicted octanol–water partition coefficient (Wildman–Crippen LogP) is -0.407. The van der Waals surface area contributed by atoms with Gasteiger partial charge >= 0.3 is 24.0 Å². The normalized spacial score (nSPS) is 13.0. The van der Waals surface area contributed by atoms with Crippen LogP contribution < -0.4 is 5.32 Å². The highest BCUT2D eigenvalue weighted by Crippen LogP contribution is 2.14. The van der Waals surface area contributed by atoms with Crippen molar-refractivity contribution in [1.82, 2.24) is 5.32 Å². The molecule has 0 aromatic heterocycles. The fourth-order valence-electron chi connectivity index (χ4n) is 0.615. The van der Waals surface area contributed by atoms with Crippen LogP contribution in [0.3, 0.4) is 0 Å². The highest BCUT2D eigenvalue weighted by atomic mass is 19.4. The largest absolute Gasteiger partial charge is 0.481 e. The van der Waals surface area contributed by atoms with E-state index in [-0.39, 0.29) is 0 Å². The third-order valence-corrected chi connectivity index (χ3v) is 1.24. The van der Waals surface area contributed by atoms with Crippen molar-refractivity contribution in [2.24, 2.45) is 0 Å². The lowest BCUT2D eigenvalue weighted by molar-refractivity contribution is -0.175. The third kappa shape index (κ3) is 4.84. The Bertz CT molecular complexity index is 287. The van der Waals surface area contributed by atoms with E-state index in [1.165, 1.54) is 0 Å². The lowest BCUT2D eigenvalue weighted by Crippen LogP contribution is -2.47. The molecule has 9 heteroatoms. The Kier molecular flexibility index (Phi) is 4.07. The summed E-state index contributed by atoms with van der Waals surface area (Å²) >= 11 is 0. The summed E-state index contributed by atoms with van der Waals surface area (Å²) < 4.78 is 35.0. The van der Waals surface area contributed by atoms with Gasteiger partial charge in [0.25, 0.3) is 0 Å². The van der Waals surface area contributed by atoms with Gasteiger partial charge in [0.15, 0.2) is 0 Å². The molecular formula is C6H6F3NO5. The standard InChI is InChI=1S/C6H6F3NO5/c7-6(8,9)5(15)10-2(4(13)14)1-3(11)12/h2H,1H2,(H,10,15)(H,11,12)(H,13,14)/t2-/m0/s1. The van der Waals surface area contributed by atoms with Gasteiger partial charge in [0.1, 0.15) is 6.04 Å². The van der Waals surface area contributed by atoms with Crippen LogP contribution in [-0.4, -0.2) is 40.3 Å². The van der Waals surface area contributed by atoms with E-state index in [0.29, 0.717) is 0 Å². The maximum absolute atomic E-state index is 11.7. The van der Waals surface area contributed by atoms with Gasteiger partial charge in [0.2, 0.25) is 0 Å². The molecule has 0 radical (unpaired) electrons. The number of carbonyl (C=O) groups excluding carboxylic acids is 1. The molecule has 0 unspecified atom stereocenters. The van der Waals surface area contributed by atoms with E-state index in [2.05, 4.69) is 0 Å². The minimum atomic E-state index is -5.24. The number of hydrogen-bond acceptors (Lipinski definition) is 3. The van der Waals surface area contributed by atoms with Crippen LogP contribution in [0.25, 0.3) is 0 Å². The molecule has 0 spiro atoms. The second kappa shape index (κ2) is 4.62. The SMILES string of the molecule is O=C(O)C[C@H](NC(=O)C(F)(F)F)C(=O)O. The predicted molar refractivity (Wildman–Crippen MR) is 37.9 cm³/mol. The summed E-state index contributed by atoms with van der Waals surface area (Å²) in [6.45, 7) is 0. The van der Waals surface area contributed by atoms with Crippen LogP contribution in [-0.2, 0) is 14.4 Å². The quantitative estimate of drug-likeness (QED) is 0.608. The first kappa shape index (κ1) is 13.2. The van der Waals surface area contributed by atoms with Gasteiger partial charge in [-0.05, 0) is 0 Å². The second-order valence-corrected chi connectivity index (χ2v) is 2.46.